The van der Waals surface area contributed by atoms with Crippen LogP contribution in [-0.4, -0.2) is 11.7 Å². The zero-order valence-electron chi connectivity index (χ0n) is 10.1. The van der Waals surface area contributed by atoms with Crippen molar-refractivity contribution in [2.24, 2.45) is 0 Å². The van der Waals surface area contributed by atoms with Gasteiger partial charge < -0.3 is 0 Å². The molecule has 88 valence electrons. The highest BCUT2D eigenvalue weighted by Crippen LogP contribution is 2.18. The Balaban J connectivity index is 3.17. The van der Waals surface area contributed by atoms with Crippen LogP contribution < -0.4 is 4.90 Å². The van der Waals surface area contributed by atoms with Crippen molar-refractivity contribution in [3.8, 4) is 0 Å². The number of amides is 1. The average Bonchev–Trinajstić information content (AvgIpc) is 2.30. The second-order valence-corrected chi connectivity index (χ2v) is 3.74. The summed E-state index contributed by atoms with van der Waals surface area (Å²) in [4.78, 5) is 24.5. The monoisotopic (exact) mass is 229 g/mol. The van der Waals surface area contributed by atoms with E-state index < -0.39 is 0 Å². The maximum absolute atomic E-state index is 11.8. The van der Waals surface area contributed by atoms with Gasteiger partial charge in [0.1, 0.15) is 0 Å². The number of carbonyl (C=O) groups is 2. The Hall–Kier alpha value is -2.16. The zero-order valence-corrected chi connectivity index (χ0v) is 10.1. The predicted molar refractivity (Wildman–Crippen MR) is 68.9 cm³/mol. The Bertz CT molecular complexity index is 489. The Morgan fingerprint density at radius 2 is 1.94 bits per heavy atom. The first-order chi connectivity index (χ1) is 7.97. The second-order valence-electron chi connectivity index (χ2n) is 3.74. The van der Waals surface area contributed by atoms with Gasteiger partial charge in [-0.15, -0.1) is 0 Å². The van der Waals surface area contributed by atoms with E-state index >= 15 is 0 Å². The Morgan fingerprint density at radius 3 is 2.41 bits per heavy atom. The smallest absolute Gasteiger partial charge is 0.257 e. The number of hydrogen-bond acceptors (Lipinski definition) is 2. The molecule has 0 unspecified atom stereocenters. The minimum absolute atomic E-state index is 0.0429. The third kappa shape index (κ3) is 2.91. The predicted octanol–water partition coefficient (Wildman–Crippen LogP) is 2.94. The maximum Gasteiger partial charge on any atom is 0.257 e. The van der Waals surface area contributed by atoms with Gasteiger partial charge in [-0.2, -0.15) is 0 Å². The zero-order chi connectivity index (χ0) is 13.0. The van der Waals surface area contributed by atoms with E-state index in [2.05, 4.69) is 13.2 Å². The molecule has 0 N–H and O–H groups in total. The van der Waals surface area contributed by atoms with Gasteiger partial charge in [0.05, 0.1) is 0 Å². The summed E-state index contributed by atoms with van der Waals surface area (Å²) < 4.78 is 0. The molecule has 0 bridgehead atoms. The van der Waals surface area contributed by atoms with E-state index in [1.807, 2.05) is 0 Å². The molecular weight excluding hydrogens is 214 g/mol. The summed E-state index contributed by atoms with van der Waals surface area (Å²) in [6.45, 7) is 10.3. The first-order valence-electron chi connectivity index (χ1n) is 5.20. The first-order valence-corrected chi connectivity index (χ1v) is 5.20. The van der Waals surface area contributed by atoms with Gasteiger partial charge in [-0.1, -0.05) is 25.3 Å². The van der Waals surface area contributed by atoms with Crippen molar-refractivity contribution >= 4 is 17.4 Å². The van der Waals surface area contributed by atoms with Crippen molar-refractivity contribution in [3.63, 3.8) is 0 Å². The van der Waals surface area contributed by atoms with Gasteiger partial charge in [-0.3, -0.25) is 14.5 Å². The van der Waals surface area contributed by atoms with Crippen molar-refractivity contribution < 1.29 is 9.59 Å². The molecule has 0 aromatic heterocycles. The molecule has 3 nitrogen and oxygen atoms in total. The number of nitrogens with zero attached hydrogens (tertiary/aromatic N) is 1. The van der Waals surface area contributed by atoms with Crippen LogP contribution in [0.15, 0.2) is 49.2 Å². The van der Waals surface area contributed by atoms with E-state index in [1.165, 1.54) is 18.0 Å². The van der Waals surface area contributed by atoms with Crippen LogP contribution in [0.1, 0.15) is 24.2 Å². The molecule has 0 fully saturated rings. The van der Waals surface area contributed by atoms with Crippen LogP contribution >= 0.6 is 0 Å². The SMILES string of the molecule is C=CN(C(=O)C(=C)C)c1cccc(C(C)=O)c1. The number of Topliss-reactive ketones (excluding diaryl/α,β-unsaturated/α-hetero) is 1. The molecule has 1 aromatic rings. The quantitative estimate of drug-likeness (QED) is 0.588. The highest BCUT2D eigenvalue weighted by molar-refractivity contribution is 6.06. The second kappa shape index (κ2) is 5.25. The van der Waals surface area contributed by atoms with Crippen LogP contribution in [0.4, 0.5) is 5.69 Å². The fourth-order valence-corrected chi connectivity index (χ4v) is 1.39. The number of rotatable bonds is 4. The molecule has 0 radical (unpaired) electrons. The van der Waals surface area contributed by atoms with Crippen molar-refractivity contribution in [1.29, 1.82) is 0 Å². The highest BCUT2D eigenvalue weighted by atomic mass is 16.2. The molecule has 0 saturated heterocycles. The molecule has 1 aromatic carbocycles. The van der Waals surface area contributed by atoms with Crippen molar-refractivity contribution in [3.05, 3.63) is 54.8 Å². The third-order valence-corrected chi connectivity index (χ3v) is 2.30. The molecule has 0 spiro atoms. The molecule has 0 aliphatic rings. The summed E-state index contributed by atoms with van der Waals surface area (Å²) in [7, 11) is 0. The van der Waals surface area contributed by atoms with Crippen LogP contribution in [0.5, 0.6) is 0 Å². The lowest BCUT2D eigenvalue weighted by Gasteiger charge is -2.18. The van der Waals surface area contributed by atoms with Gasteiger partial charge in [0, 0.05) is 23.0 Å². The normalized spacial score (nSPS) is 9.53. The third-order valence-electron chi connectivity index (χ3n) is 2.30. The minimum Gasteiger partial charge on any atom is -0.295 e. The van der Waals surface area contributed by atoms with Crippen molar-refractivity contribution in [1.82, 2.24) is 0 Å². The summed E-state index contributed by atoms with van der Waals surface area (Å²) in [5.74, 6) is -0.278. The van der Waals surface area contributed by atoms with Crippen LogP contribution in [0.25, 0.3) is 0 Å². The van der Waals surface area contributed by atoms with E-state index in [9.17, 15) is 9.59 Å². The molecule has 17 heavy (non-hydrogen) atoms. The van der Waals surface area contributed by atoms with E-state index in [1.54, 1.807) is 31.2 Å². The summed E-state index contributed by atoms with van der Waals surface area (Å²) >= 11 is 0. The number of ketones is 1. The van der Waals surface area contributed by atoms with Crippen LogP contribution in [0.3, 0.4) is 0 Å². The summed E-state index contributed by atoms with van der Waals surface area (Å²) in [5.41, 5.74) is 1.59. The van der Waals surface area contributed by atoms with Gasteiger partial charge in [0.25, 0.3) is 5.91 Å². The fraction of sp³-hybridized carbons (Fsp3) is 0.143. The van der Waals surface area contributed by atoms with E-state index in [-0.39, 0.29) is 11.7 Å². The standard InChI is InChI=1S/C14H15NO2/c1-5-15(14(17)10(2)3)13-8-6-7-12(9-13)11(4)16/h5-9H,1-2H2,3-4H3. The van der Waals surface area contributed by atoms with Gasteiger partial charge in [0.2, 0.25) is 0 Å². The summed E-state index contributed by atoms with van der Waals surface area (Å²) in [6, 6.07) is 6.84. The molecule has 3 heteroatoms. The number of anilines is 1. The number of carbonyl (C=O) groups excluding carboxylic acids is 2. The fourth-order valence-electron chi connectivity index (χ4n) is 1.39. The molecule has 0 saturated carbocycles. The topological polar surface area (TPSA) is 37.4 Å². The van der Waals surface area contributed by atoms with Gasteiger partial charge >= 0.3 is 0 Å². The average molecular weight is 229 g/mol. The lowest BCUT2D eigenvalue weighted by Crippen LogP contribution is -2.25. The van der Waals surface area contributed by atoms with E-state index in [4.69, 9.17) is 0 Å². The molecule has 0 aliphatic heterocycles. The number of benzene rings is 1. The Morgan fingerprint density at radius 1 is 1.29 bits per heavy atom. The van der Waals surface area contributed by atoms with Gasteiger partial charge in [-0.05, 0) is 26.0 Å². The Labute approximate surface area is 101 Å². The Kier molecular flexibility index (Phi) is 3.99. The van der Waals surface area contributed by atoms with Crippen molar-refractivity contribution in [2.45, 2.75) is 13.8 Å². The number of hydrogen-bond donors (Lipinski definition) is 0. The van der Waals surface area contributed by atoms with E-state index in [0.717, 1.165) is 0 Å². The lowest BCUT2D eigenvalue weighted by molar-refractivity contribution is -0.114. The lowest BCUT2D eigenvalue weighted by atomic mass is 10.1. The van der Waals surface area contributed by atoms with Gasteiger partial charge in [-0.25, -0.2) is 0 Å². The molecule has 1 amide bonds. The molecule has 0 atom stereocenters. The maximum atomic E-state index is 11.8. The van der Waals surface area contributed by atoms with Gasteiger partial charge in [0.15, 0.2) is 5.78 Å². The molecular formula is C14H15NO2. The molecule has 0 aliphatic carbocycles. The largest absolute Gasteiger partial charge is 0.295 e. The minimum atomic E-state index is -0.235. The summed E-state index contributed by atoms with van der Waals surface area (Å²) in [5, 5.41) is 0. The molecule has 0 heterocycles. The van der Waals surface area contributed by atoms with Crippen molar-refractivity contribution in [2.75, 3.05) is 4.90 Å². The first kappa shape index (κ1) is 12.9. The molecule has 1 rings (SSSR count). The van der Waals surface area contributed by atoms with Crippen LogP contribution in [-0.2, 0) is 4.79 Å². The van der Waals surface area contributed by atoms with E-state index in [0.29, 0.717) is 16.8 Å². The van der Waals surface area contributed by atoms with Crippen LogP contribution in [0.2, 0.25) is 0 Å². The van der Waals surface area contributed by atoms with Crippen LogP contribution in [0, 0.1) is 0 Å². The summed E-state index contributed by atoms with van der Waals surface area (Å²) in [6.07, 6.45) is 1.41. The highest BCUT2D eigenvalue weighted by Gasteiger charge is 2.13.